The largest absolute Gasteiger partial charge is 0.487 e. The number of nitrogens with one attached hydrogen (secondary N) is 4. The van der Waals surface area contributed by atoms with Crippen LogP contribution in [0.5, 0.6) is 5.75 Å². The summed E-state index contributed by atoms with van der Waals surface area (Å²) in [6.45, 7) is 1.29. The van der Waals surface area contributed by atoms with Crippen molar-refractivity contribution in [3.05, 3.63) is 178 Å². The van der Waals surface area contributed by atoms with Crippen molar-refractivity contribution in [1.29, 1.82) is 0 Å². The highest BCUT2D eigenvalue weighted by atomic mass is 16.5. The number of pyridine rings is 1. The molecular weight excluding hydrogens is 600 g/mol. The molecule has 242 valence electrons. The van der Waals surface area contributed by atoms with Crippen molar-refractivity contribution in [2.75, 3.05) is 18.4 Å². The monoisotopic (exact) mass is 638 g/mol. The lowest BCUT2D eigenvalue weighted by atomic mass is 9.99. The first kappa shape index (κ1) is 32.2. The Labute approximate surface area is 279 Å². The van der Waals surface area contributed by atoms with Crippen LogP contribution in [0.3, 0.4) is 0 Å². The molecule has 0 radical (unpaired) electrons. The molecule has 1 aromatic heterocycles. The summed E-state index contributed by atoms with van der Waals surface area (Å²) in [5, 5.41) is 21.3. The van der Waals surface area contributed by atoms with Gasteiger partial charge in [0.1, 0.15) is 12.4 Å². The van der Waals surface area contributed by atoms with Gasteiger partial charge in [-0.25, -0.2) is 4.79 Å². The van der Waals surface area contributed by atoms with Gasteiger partial charge >= 0.3 is 6.03 Å². The van der Waals surface area contributed by atoms with E-state index in [2.05, 4.69) is 20.9 Å². The number of benzene rings is 5. The maximum absolute atomic E-state index is 13.1. The first-order chi connectivity index (χ1) is 23.5. The van der Waals surface area contributed by atoms with Gasteiger partial charge in [0.25, 0.3) is 0 Å². The van der Waals surface area contributed by atoms with Gasteiger partial charge in [0.05, 0.1) is 17.7 Å². The van der Waals surface area contributed by atoms with Crippen LogP contribution in [0, 0.1) is 0 Å². The Balaban J connectivity index is 1.04. The van der Waals surface area contributed by atoms with Crippen LogP contribution in [0.2, 0.25) is 0 Å². The number of aliphatic hydroxyl groups is 1. The Morgan fingerprint density at radius 2 is 1.42 bits per heavy atom. The number of H-pyrrole nitrogens is 1. The number of fused-ring (bicyclic) bond motifs is 1. The van der Waals surface area contributed by atoms with Crippen molar-refractivity contribution in [1.82, 2.24) is 15.6 Å². The predicted molar refractivity (Wildman–Crippen MR) is 190 cm³/mol. The normalized spacial score (nSPS) is 11.7. The molecule has 0 saturated carbocycles. The summed E-state index contributed by atoms with van der Waals surface area (Å²) in [5.74, 6) is 0.549. The van der Waals surface area contributed by atoms with Crippen LogP contribution >= 0.6 is 0 Å². The molecule has 0 aliphatic heterocycles. The first-order valence-corrected chi connectivity index (χ1v) is 16.0. The Kier molecular flexibility index (Phi) is 10.6. The topological polar surface area (TPSA) is 115 Å². The lowest BCUT2D eigenvalue weighted by molar-refractivity contribution is 0.176. The fourth-order valence-electron chi connectivity index (χ4n) is 5.73. The average molecular weight is 639 g/mol. The van der Waals surface area contributed by atoms with Gasteiger partial charge in [-0.1, -0.05) is 109 Å². The Morgan fingerprint density at radius 1 is 0.750 bits per heavy atom. The molecule has 0 saturated heterocycles. The summed E-state index contributed by atoms with van der Waals surface area (Å²) >= 11 is 0. The molecule has 0 aliphatic rings. The molecule has 5 N–H and O–H groups in total. The van der Waals surface area contributed by atoms with Crippen molar-refractivity contribution < 1.29 is 14.6 Å². The van der Waals surface area contributed by atoms with Crippen molar-refractivity contribution in [3.8, 4) is 5.75 Å². The van der Waals surface area contributed by atoms with E-state index in [9.17, 15) is 14.7 Å². The van der Waals surface area contributed by atoms with Crippen molar-refractivity contribution >= 4 is 22.6 Å². The van der Waals surface area contributed by atoms with Gasteiger partial charge in [-0.15, -0.1) is 0 Å². The molecule has 8 nitrogen and oxygen atoms in total. The van der Waals surface area contributed by atoms with E-state index in [1.807, 2.05) is 121 Å². The second-order valence-corrected chi connectivity index (χ2v) is 11.6. The number of hydrogen-bond donors (Lipinski definition) is 5. The van der Waals surface area contributed by atoms with Gasteiger partial charge in [0, 0.05) is 23.7 Å². The summed E-state index contributed by atoms with van der Waals surface area (Å²) in [6.07, 6.45) is -0.110. The van der Waals surface area contributed by atoms with Crippen molar-refractivity contribution in [2.24, 2.45) is 0 Å². The molecule has 0 spiro atoms. The second-order valence-electron chi connectivity index (χ2n) is 11.6. The third-order valence-corrected chi connectivity index (χ3v) is 8.14. The third-order valence-electron chi connectivity index (χ3n) is 8.14. The molecule has 6 rings (SSSR count). The van der Waals surface area contributed by atoms with Crippen LogP contribution in [0.1, 0.15) is 40.0 Å². The van der Waals surface area contributed by atoms with E-state index < -0.39 is 6.10 Å². The van der Waals surface area contributed by atoms with Crippen molar-refractivity contribution in [2.45, 2.75) is 25.2 Å². The number of aromatic nitrogens is 1. The minimum atomic E-state index is -0.805. The summed E-state index contributed by atoms with van der Waals surface area (Å²) < 4.78 is 6.04. The number of rotatable bonds is 13. The maximum atomic E-state index is 13.1. The fraction of sp³-hybridized carbons (Fsp3) is 0.150. The molecule has 8 heteroatoms. The molecule has 48 heavy (non-hydrogen) atoms. The minimum Gasteiger partial charge on any atom is -0.487 e. The summed E-state index contributed by atoms with van der Waals surface area (Å²) in [7, 11) is 0. The van der Waals surface area contributed by atoms with Gasteiger partial charge in [-0.2, -0.15) is 0 Å². The zero-order valence-electron chi connectivity index (χ0n) is 26.4. The Hall–Kier alpha value is -5.70. The first-order valence-electron chi connectivity index (χ1n) is 16.0. The maximum Gasteiger partial charge on any atom is 0.319 e. The van der Waals surface area contributed by atoms with E-state index in [1.54, 1.807) is 12.1 Å². The highest BCUT2D eigenvalue weighted by Crippen LogP contribution is 2.30. The van der Waals surface area contributed by atoms with Gasteiger partial charge in [0.2, 0.25) is 5.56 Å². The van der Waals surface area contributed by atoms with Crippen LogP contribution in [0.25, 0.3) is 10.9 Å². The van der Waals surface area contributed by atoms with Gasteiger partial charge in [0.15, 0.2) is 0 Å². The van der Waals surface area contributed by atoms with Crippen LogP contribution < -0.4 is 26.2 Å². The highest BCUT2D eigenvalue weighted by molar-refractivity contribution is 5.90. The average Bonchev–Trinajstić information content (AvgIpc) is 3.12. The smallest absolute Gasteiger partial charge is 0.319 e. The molecule has 0 aliphatic carbocycles. The molecule has 6 aromatic rings. The quantitative estimate of drug-likeness (QED) is 0.0885. The number of ether oxygens (including phenoxy) is 1. The van der Waals surface area contributed by atoms with E-state index in [1.165, 1.54) is 6.07 Å². The molecular formula is C40H38N4O4. The van der Waals surface area contributed by atoms with Crippen LogP contribution in [0.4, 0.5) is 10.5 Å². The number of amides is 2. The predicted octanol–water partition coefficient (Wildman–Crippen LogP) is 6.88. The number of aromatic amines is 1. The molecule has 2 amide bonds. The number of urea groups is 1. The summed E-state index contributed by atoms with van der Waals surface area (Å²) in [4.78, 5) is 28.1. The molecule has 0 bridgehead atoms. The number of anilines is 1. The van der Waals surface area contributed by atoms with Crippen molar-refractivity contribution in [3.63, 3.8) is 0 Å². The molecule has 1 atom stereocenters. The summed E-state index contributed by atoms with van der Waals surface area (Å²) in [5.41, 5.74) is 5.76. The lowest BCUT2D eigenvalue weighted by Crippen LogP contribution is -2.33. The second kappa shape index (κ2) is 15.7. The zero-order chi connectivity index (χ0) is 33.1. The van der Waals surface area contributed by atoms with E-state index >= 15 is 0 Å². The van der Waals surface area contributed by atoms with E-state index in [-0.39, 0.29) is 17.6 Å². The van der Waals surface area contributed by atoms with E-state index in [0.717, 1.165) is 27.6 Å². The van der Waals surface area contributed by atoms with Gasteiger partial charge < -0.3 is 30.8 Å². The van der Waals surface area contributed by atoms with E-state index in [4.69, 9.17) is 4.74 Å². The highest BCUT2D eigenvalue weighted by Gasteiger charge is 2.17. The molecule has 0 fully saturated rings. The van der Waals surface area contributed by atoms with Gasteiger partial charge in [-0.05, 0) is 65.0 Å². The third kappa shape index (κ3) is 8.36. The number of carbonyl (C=O) groups excluding carboxylic acids is 1. The lowest BCUT2D eigenvalue weighted by Gasteiger charge is -2.20. The fourth-order valence-corrected chi connectivity index (χ4v) is 5.73. The molecule has 1 heterocycles. The van der Waals surface area contributed by atoms with E-state index in [0.29, 0.717) is 48.6 Å². The SMILES string of the molecule is O=C(Nc1cccc(CCNC[C@@H](O)c2ccc(OCc3ccccc3)c3[nH]c(=O)ccc23)c1)NC(c1ccccc1)c1ccccc1. The Bertz CT molecular complexity index is 1960. The number of hydrogen-bond acceptors (Lipinski definition) is 5. The number of carbonyl (C=O) groups is 1. The molecule has 5 aromatic carbocycles. The van der Waals surface area contributed by atoms with Gasteiger partial charge in [-0.3, -0.25) is 4.79 Å². The zero-order valence-corrected chi connectivity index (χ0v) is 26.4. The Morgan fingerprint density at radius 3 is 2.12 bits per heavy atom. The number of aliphatic hydroxyl groups excluding tert-OH is 1. The van der Waals surface area contributed by atoms with Crippen LogP contribution in [-0.2, 0) is 13.0 Å². The standard InChI is InChI=1S/C40H38N4O4/c45-35(33-19-21-36(39-34(33)20-22-37(46)43-39)48-27-29-11-4-1-5-12-29)26-41-24-23-28-13-10-18-32(25-28)42-40(47)44-38(30-14-6-2-7-15-30)31-16-8-3-9-17-31/h1-22,25,35,38,41,45H,23-24,26-27H2,(H,43,46)(H2,42,44,47)/t35-/m1/s1. The molecule has 0 unspecified atom stereocenters. The van der Waals surface area contributed by atoms with Crippen LogP contribution in [-0.4, -0.2) is 29.2 Å². The summed E-state index contributed by atoms with van der Waals surface area (Å²) in [6, 6.07) is 43.5. The van der Waals surface area contributed by atoms with Crippen LogP contribution in [0.15, 0.2) is 144 Å². The minimum absolute atomic E-state index is 0.238.